The summed E-state index contributed by atoms with van der Waals surface area (Å²) in [6.07, 6.45) is 1.67. The molecular formula is C20H23ClFNO3. The monoisotopic (exact) mass is 379 g/mol. The summed E-state index contributed by atoms with van der Waals surface area (Å²) in [5.41, 5.74) is 0.904. The zero-order chi connectivity index (χ0) is 19.1. The van der Waals surface area contributed by atoms with Crippen LogP contribution in [-0.2, 0) is 6.54 Å². The topological polar surface area (TPSA) is 47.6 Å². The van der Waals surface area contributed by atoms with Crippen molar-refractivity contribution < 1.29 is 18.7 Å². The van der Waals surface area contributed by atoms with Crippen molar-refractivity contribution in [3.05, 3.63) is 58.4 Å². The molecule has 140 valence electrons. The number of amides is 1. The molecule has 0 aliphatic carbocycles. The molecule has 0 fully saturated rings. The van der Waals surface area contributed by atoms with E-state index in [1.54, 1.807) is 24.3 Å². The summed E-state index contributed by atoms with van der Waals surface area (Å²) < 4.78 is 24.6. The highest BCUT2D eigenvalue weighted by Crippen LogP contribution is 2.28. The maximum Gasteiger partial charge on any atom is 0.256 e. The number of hydrogen-bond donors (Lipinski definition) is 1. The molecule has 0 heterocycles. The second-order valence-electron chi connectivity index (χ2n) is 5.82. The molecule has 6 heteroatoms. The van der Waals surface area contributed by atoms with Gasteiger partial charge in [-0.05, 0) is 42.7 Å². The zero-order valence-electron chi connectivity index (χ0n) is 15.1. The normalized spacial score (nSPS) is 10.7. The van der Waals surface area contributed by atoms with Crippen molar-refractivity contribution in [2.24, 2.45) is 0 Å². The Kier molecular flexibility index (Phi) is 7.27. The molecule has 0 aliphatic heterocycles. The molecule has 0 spiro atoms. The van der Waals surface area contributed by atoms with Gasteiger partial charge in [-0.1, -0.05) is 37.6 Å². The van der Waals surface area contributed by atoms with E-state index in [0.29, 0.717) is 16.3 Å². The van der Waals surface area contributed by atoms with E-state index in [1.165, 1.54) is 19.2 Å². The molecule has 2 aromatic carbocycles. The average molecular weight is 380 g/mol. The summed E-state index contributed by atoms with van der Waals surface area (Å²) in [5, 5.41) is 3.07. The Labute approximate surface area is 158 Å². The number of benzene rings is 2. The van der Waals surface area contributed by atoms with Crippen LogP contribution in [0.5, 0.6) is 11.5 Å². The first-order chi connectivity index (χ1) is 12.5. The van der Waals surface area contributed by atoms with Crippen LogP contribution in [0.25, 0.3) is 0 Å². The minimum Gasteiger partial charge on any atom is -0.494 e. The molecule has 1 amide bonds. The third kappa shape index (κ3) is 4.88. The second-order valence-corrected chi connectivity index (χ2v) is 6.23. The maximum absolute atomic E-state index is 13.8. The van der Waals surface area contributed by atoms with E-state index in [0.717, 1.165) is 12.8 Å². The maximum atomic E-state index is 13.8. The number of methoxy groups -OCH3 is 1. The van der Waals surface area contributed by atoms with Gasteiger partial charge in [0.2, 0.25) is 0 Å². The van der Waals surface area contributed by atoms with Gasteiger partial charge in [-0.3, -0.25) is 4.79 Å². The zero-order valence-corrected chi connectivity index (χ0v) is 15.9. The highest BCUT2D eigenvalue weighted by Gasteiger charge is 2.19. The Balaban J connectivity index is 2.15. The number of ether oxygens (including phenoxy) is 2. The van der Waals surface area contributed by atoms with E-state index in [1.807, 2.05) is 13.8 Å². The lowest BCUT2D eigenvalue weighted by molar-refractivity contribution is 0.0942. The van der Waals surface area contributed by atoms with Crippen LogP contribution in [0.2, 0.25) is 5.02 Å². The first-order valence-corrected chi connectivity index (χ1v) is 8.93. The Morgan fingerprint density at radius 1 is 1.19 bits per heavy atom. The van der Waals surface area contributed by atoms with Gasteiger partial charge in [0.05, 0.1) is 23.8 Å². The quantitative estimate of drug-likeness (QED) is 0.703. The van der Waals surface area contributed by atoms with Gasteiger partial charge in [-0.2, -0.15) is 0 Å². The van der Waals surface area contributed by atoms with Crippen LogP contribution in [0.4, 0.5) is 4.39 Å². The number of hydrogen-bond acceptors (Lipinski definition) is 3. The molecule has 1 N–H and O–H groups in total. The molecule has 0 saturated heterocycles. The van der Waals surface area contributed by atoms with Gasteiger partial charge >= 0.3 is 0 Å². The molecule has 0 aliphatic rings. The SMILES string of the molecule is CCC(CC)Oc1cccc(Cl)c1C(=O)NCc1ccc(OC)c(F)c1. The molecule has 0 unspecified atom stereocenters. The van der Waals surface area contributed by atoms with Gasteiger partial charge in [0, 0.05) is 6.54 Å². The lowest BCUT2D eigenvalue weighted by Crippen LogP contribution is -2.25. The van der Waals surface area contributed by atoms with Gasteiger partial charge in [0.25, 0.3) is 5.91 Å². The first-order valence-electron chi connectivity index (χ1n) is 8.55. The molecule has 0 aromatic heterocycles. The molecule has 0 bridgehead atoms. The lowest BCUT2D eigenvalue weighted by atomic mass is 10.1. The van der Waals surface area contributed by atoms with Crippen molar-refractivity contribution in [3.8, 4) is 11.5 Å². The van der Waals surface area contributed by atoms with E-state index in [-0.39, 0.29) is 29.9 Å². The molecule has 0 saturated carbocycles. The van der Waals surface area contributed by atoms with E-state index in [2.05, 4.69) is 5.32 Å². The summed E-state index contributed by atoms with van der Waals surface area (Å²) in [7, 11) is 1.40. The van der Waals surface area contributed by atoms with E-state index >= 15 is 0 Å². The van der Waals surface area contributed by atoms with Gasteiger partial charge in [0.15, 0.2) is 11.6 Å². The van der Waals surface area contributed by atoms with E-state index in [9.17, 15) is 9.18 Å². The molecule has 4 nitrogen and oxygen atoms in total. The molecular weight excluding hydrogens is 357 g/mol. The molecule has 2 aromatic rings. The molecule has 0 radical (unpaired) electrons. The predicted octanol–water partition coefficient (Wildman–Crippen LogP) is 4.99. The summed E-state index contributed by atoms with van der Waals surface area (Å²) in [5.74, 6) is -0.237. The van der Waals surface area contributed by atoms with Gasteiger partial charge in [0.1, 0.15) is 5.75 Å². The van der Waals surface area contributed by atoms with Crippen molar-refractivity contribution >= 4 is 17.5 Å². The fourth-order valence-electron chi connectivity index (χ4n) is 2.55. The lowest BCUT2D eigenvalue weighted by Gasteiger charge is -2.19. The largest absolute Gasteiger partial charge is 0.494 e. The van der Waals surface area contributed by atoms with Crippen LogP contribution in [-0.4, -0.2) is 19.1 Å². The van der Waals surface area contributed by atoms with Gasteiger partial charge in [-0.15, -0.1) is 0 Å². The number of carbonyl (C=O) groups excluding carboxylic acids is 1. The molecule has 26 heavy (non-hydrogen) atoms. The van der Waals surface area contributed by atoms with E-state index < -0.39 is 5.82 Å². The number of halogens is 2. The van der Waals surface area contributed by atoms with Crippen molar-refractivity contribution in [1.82, 2.24) is 5.32 Å². The van der Waals surface area contributed by atoms with Crippen LogP contribution in [0.15, 0.2) is 36.4 Å². The van der Waals surface area contributed by atoms with Crippen molar-refractivity contribution in [2.75, 3.05) is 7.11 Å². The number of carbonyl (C=O) groups is 1. The minimum absolute atomic E-state index is 0.00991. The van der Waals surface area contributed by atoms with Crippen LogP contribution in [0.1, 0.15) is 42.6 Å². The fraction of sp³-hybridized carbons (Fsp3) is 0.350. The summed E-state index contributed by atoms with van der Waals surface area (Å²) >= 11 is 6.22. The van der Waals surface area contributed by atoms with Crippen molar-refractivity contribution in [1.29, 1.82) is 0 Å². The Morgan fingerprint density at radius 3 is 2.54 bits per heavy atom. The minimum atomic E-state index is -0.477. The summed E-state index contributed by atoms with van der Waals surface area (Å²) in [6, 6.07) is 9.66. The number of nitrogens with one attached hydrogen (secondary N) is 1. The predicted molar refractivity (Wildman–Crippen MR) is 101 cm³/mol. The van der Waals surface area contributed by atoms with Crippen LogP contribution >= 0.6 is 11.6 Å². The van der Waals surface area contributed by atoms with Crippen molar-refractivity contribution in [2.45, 2.75) is 39.3 Å². The van der Waals surface area contributed by atoms with Crippen LogP contribution in [0, 0.1) is 5.82 Å². The molecule has 0 atom stereocenters. The second kappa shape index (κ2) is 9.43. The van der Waals surface area contributed by atoms with Crippen molar-refractivity contribution in [3.63, 3.8) is 0 Å². The Hall–Kier alpha value is -2.27. The Morgan fingerprint density at radius 2 is 1.92 bits per heavy atom. The van der Waals surface area contributed by atoms with E-state index in [4.69, 9.17) is 21.1 Å². The number of rotatable bonds is 8. The van der Waals surface area contributed by atoms with Gasteiger partial charge < -0.3 is 14.8 Å². The summed E-state index contributed by atoms with van der Waals surface area (Å²) in [4.78, 5) is 12.6. The highest BCUT2D eigenvalue weighted by molar-refractivity contribution is 6.34. The van der Waals surface area contributed by atoms with Crippen LogP contribution in [0.3, 0.4) is 0 Å². The van der Waals surface area contributed by atoms with Crippen LogP contribution < -0.4 is 14.8 Å². The standard InChI is InChI=1S/C20H23ClFNO3/c1-4-14(5-2)26-18-8-6-7-15(21)19(18)20(24)23-12-13-9-10-17(25-3)16(22)11-13/h6-11,14H,4-5,12H2,1-3H3,(H,23,24). The highest BCUT2D eigenvalue weighted by atomic mass is 35.5. The first kappa shape index (κ1) is 20.0. The fourth-order valence-corrected chi connectivity index (χ4v) is 2.80. The summed E-state index contributed by atoms with van der Waals surface area (Å²) in [6.45, 7) is 4.21. The third-order valence-corrected chi connectivity index (χ3v) is 4.39. The van der Waals surface area contributed by atoms with Gasteiger partial charge in [-0.25, -0.2) is 4.39 Å². The molecule has 2 rings (SSSR count). The average Bonchev–Trinajstić information content (AvgIpc) is 2.64. The third-order valence-electron chi connectivity index (χ3n) is 4.08. The Bertz CT molecular complexity index is 763. The smallest absolute Gasteiger partial charge is 0.256 e.